The molecular weight excluding hydrogens is 358 g/mol. The minimum atomic E-state index is -2.86. The summed E-state index contributed by atoms with van der Waals surface area (Å²) in [6.45, 7) is -2.61. The number of carbonyl (C=O) groups excluding carboxylic acids is 1. The van der Waals surface area contributed by atoms with Crippen molar-refractivity contribution in [3.05, 3.63) is 59.7 Å². The summed E-state index contributed by atoms with van der Waals surface area (Å²) < 4.78 is 33.4. The summed E-state index contributed by atoms with van der Waals surface area (Å²) in [5.41, 5.74) is 1.70. The largest absolute Gasteiger partial charge is 0.497 e. The fourth-order valence-corrected chi connectivity index (χ4v) is 2.12. The van der Waals surface area contributed by atoms with Crippen LogP contribution in [0.2, 0.25) is 0 Å². The van der Waals surface area contributed by atoms with E-state index in [0.717, 1.165) is 11.3 Å². The molecule has 1 amide bonds. The van der Waals surface area contributed by atoms with Gasteiger partial charge in [-0.05, 0) is 53.9 Å². The van der Waals surface area contributed by atoms with Gasteiger partial charge in [-0.25, -0.2) is 0 Å². The van der Waals surface area contributed by atoms with Crippen LogP contribution in [0.1, 0.15) is 11.1 Å². The number of rotatable bonds is 10. The van der Waals surface area contributed by atoms with Gasteiger partial charge in [0.25, 0.3) is 5.91 Å². The number of alkyl halides is 2. The van der Waals surface area contributed by atoms with Crippen LogP contribution in [0, 0.1) is 0 Å². The summed E-state index contributed by atoms with van der Waals surface area (Å²) in [4.78, 5) is 16.6. The van der Waals surface area contributed by atoms with Gasteiger partial charge in [0.1, 0.15) is 11.5 Å². The molecule has 0 aliphatic heterocycles. The van der Waals surface area contributed by atoms with Crippen LogP contribution in [-0.4, -0.2) is 39.0 Å². The Balaban J connectivity index is 1.64. The third kappa shape index (κ3) is 7.72. The lowest BCUT2D eigenvalue weighted by Gasteiger charge is -2.06. The third-order valence-electron chi connectivity index (χ3n) is 3.47. The van der Waals surface area contributed by atoms with Gasteiger partial charge in [-0.15, -0.1) is 0 Å². The summed E-state index contributed by atoms with van der Waals surface area (Å²) >= 11 is 0. The van der Waals surface area contributed by atoms with Gasteiger partial charge in [-0.1, -0.05) is 17.3 Å². The van der Waals surface area contributed by atoms with Crippen LogP contribution in [0.3, 0.4) is 0 Å². The maximum Gasteiger partial charge on any atom is 0.387 e. The molecule has 0 fully saturated rings. The molecule has 8 heteroatoms. The van der Waals surface area contributed by atoms with Crippen molar-refractivity contribution in [3.63, 3.8) is 0 Å². The Labute approximate surface area is 155 Å². The Hall–Kier alpha value is -3.16. The first-order valence-corrected chi connectivity index (χ1v) is 8.16. The Morgan fingerprint density at radius 3 is 2.41 bits per heavy atom. The van der Waals surface area contributed by atoms with E-state index in [0.29, 0.717) is 18.5 Å². The molecule has 0 saturated heterocycles. The number of carbonyl (C=O) groups is 1. The van der Waals surface area contributed by atoms with Gasteiger partial charge in [-0.2, -0.15) is 8.78 Å². The first-order chi connectivity index (χ1) is 13.1. The zero-order valence-electron chi connectivity index (χ0n) is 14.7. The summed E-state index contributed by atoms with van der Waals surface area (Å²) in [5, 5.41) is 6.40. The Bertz CT molecular complexity index is 734. The van der Waals surface area contributed by atoms with E-state index in [1.807, 2.05) is 24.3 Å². The number of hydrogen-bond donors (Lipinski definition) is 1. The van der Waals surface area contributed by atoms with E-state index in [1.54, 1.807) is 19.2 Å². The zero-order chi connectivity index (χ0) is 19.5. The lowest BCUT2D eigenvalue weighted by atomic mass is 10.1. The summed E-state index contributed by atoms with van der Waals surface area (Å²) in [7, 11) is 1.61. The van der Waals surface area contributed by atoms with E-state index in [1.165, 1.54) is 18.3 Å². The van der Waals surface area contributed by atoms with Gasteiger partial charge in [0.05, 0.1) is 13.3 Å². The predicted octanol–water partition coefficient (Wildman–Crippen LogP) is 3.01. The second-order valence-electron chi connectivity index (χ2n) is 5.40. The summed E-state index contributed by atoms with van der Waals surface area (Å²) in [5.74, 6) is 0.547. The van der Waals surface area contributed by atoms with E-state index >= 15 is 0 Å². The van der Waals surface area contributed by atoms with Crippen LogP contribution in [0.25, 0.3) is 0 Å². The Morgan fingerprint density at radius 1 is 1.11 bits per heavy atom. The molecule has 6 nitrogen and oxygen atoms in total. The van der Waals surface area contributed by atoms with Crippen molar-refractivity contribution in [2.75, 3.05) is 20.3 Å². The number of amides is 1. The van der Waals surface area contributed by atoms with Gasteiger partial charge in [0.15, 0.2) is 6.61 Å². The van der Waals surface area contributed by atoms with Crippen molar-refractivity contribution in [3.8, 4) is 11.5 Å². The third-order valence-corrected chi connectivity index (χ3v) is 3.47. The summed E-state index contributed by atoms with van der Waals surface area (Å²) in [6.07, 6.45) is 2.06. The zero-order valence-corrected chi connectivity index (χ0v) is 14.7. The van der Waals surface area contributed by atoms with Crippen molar-refractivity contribution in [1.29, 1.82) is 0 Å². The van der Waals surface area contributed by atoms with Gasteiger partial charge in [-0.3, -0.25) is 4.79 Å². The van der Waals surface area contributed by atoms with Crippen LogP contribution >= 0.6 is 0 Å². The topological polar surface area (TPSA) is 69.2 Å². The molecular formula is C19H20F2N2O4. The average molecular weight is 378 g/mol. The van der Waals surface area contributed by atoms with E-state index in [4.69, 9.17) is 9.57 Å². The van der Waals surface area contributed by atoms with Crippen molar-refractivity contribution in [2.45, 2.75) is 13.0 Å². The van der Waals surface area contributed by atoms with E-state index in [-0.39, 0.29) is 18.3 Å². The monoisotopic (exact) mass is 378 g/mol. The van der Waals surface area contributed by atoms with Crippen LogP contribution in [0.5, 0.6) is 11.5 Å². The molecule has 2 rings (SSSR count). The highest BCUT2D eigenvalue weighted by molar-refractivity contribution is 5.80. The van der Waals surface area contributed by atoms with E-state index in [9.17, 15) is 13.6 Å². The average Bonchev–Trinajstić information content (AvgIpc) is 2.66. The molecule has 0 bridgehead atoms. The second kappa shape index (κ2) is 10.7. The molecule has 0 unspecified atom stereocenters. The van der Waals surface area contributed by atoms with Gasteiger partial charge >= 0.3 is 6.61 Å². The van der Waals surface area contributed by atoms with E-state index in [2.05, 4.69) is 15.2 Å². The number of nitrogens with zero attached hydrogens (tertiary/aromatic N) is 1. The molecule has 0 aliphatic rings. The maximum absolute atomic E-state index is 12.0. The van der Waals surface area contributed by atoms with Crippen molar-refractivity contribution in [1.82, 2.24) is 5.32 Å². The molecule has 2 aromatic rings. The maximum atomic E-state index is 12.0. The highest BCUT2D eigenvalue weighted by atomic mass is 19.3. The lowest BCUT2D eigenvalue weighted by molar-refractivity contribution is -0.125. The first kappa shape index (κ1) is 20.2. The number of ether oxygens (including phenoxy) is 2. The second-order valence-corrected chi connectivity index (χ2v) is 5.40. The van der Waals surface area contributed by atoms with Crippen LogP contribution in [0.15, 0.2) is 53.7 Å². The molecule has 0 aliphatic carbocycles. The minimum Gasteiger partial charge on any atom is -0.497 e. The normalized spacial score (nSPS) is 10.8. The first-order valence-electron chi connectivity index (χ1n) is 8.16. The van der Waals surface area contributed by atoms with E-state index < -0.39 is 6.61 Å². The van der Waals surface area contributed by atoms with Crippen molar-refractivity contribution >= 4 is 12.1 Å². The van der Waals surface area contributed by atoms with Crippen LogP contribution in [-0.2, 0) is 16.1 Å². The molecule has 0 aromatic heterocycles. The minimum absolute atomic E-state index is 0.0549. The lowest BCUT2D eigenvalue weighted by Crippen LogP contribution is -2.28. The van der Waals surface area contributed by atoms with Gasteiger partial charge < -0.3 is 19.6 Å². The molecule has 0 atom stereocenters. The Morgan fingerprint density at radius 2 is 1.78 bits per heavy atom. The van der Waals surface area contributed by atoms with Crippen LogP contribution in [0.4, 0.5) is 8.78 Å². The Kier molecular flexibility index (Phi) is 8.02. The molecule has 0 saturated carbocycles. The molecule has 0 spiro atoms. The number of hydrogen-bond acceptors (Lipinski definition) is 5. The number of halogens is 2. The highest BCUT2D eigenvalue weighted by Gasteiger charge is 2.03. The standard InChI is InChI=1S/C19H20F2N2O4/c1-25-16-6-2-14(3-7-16)10-11-22-18(24)13-26-23-12-15-4-8-17(9-5-15)27-19(20)21/h2-9,12,19H,10-11,13H2,1H3,(H,22,24)/b23-12-. The smallest absolute Gasteiger partial charge is 0.387 e. The molecule has 0 heterocycles. The quantitative estimate of drug-likeness (QED) is 0.510. The number of nitrogens with one attached hydrogen (secondary N) is 1. The molecule has 144 valence electrons. The van der Waals surface area contributed by atoms with Gasteiger partial charge in [0, 0.05) is 6.54 Å². The van der Waals surface area contributed by atoms with Crippen molar-refractivity contribution < 1.29 is 27.9 Å². The molecule has 1 N–H and O–H groups in total. The molecule has 27 heavy (non-hydrogen) atoms. The molecule has 0 radical (unpaired) electrons. The molecule has 2 aromatic carbocycles. The van der Waals surface area contributed by atoms with Crippen molar-refractivity contribution in [2.24, 2.45) is 5.16 Å². The SMILES string of the molecule is COc1ccc(CCNC(=O)CO/N=C\c2ccc(OC(F)F)cc2)cc1. The van der Waals surface area contributed by atoms with Gasteiger partial charge in [0.2, 0.25) is 0 Å². The van der Waals surface area contributed by atoms with Crippen LogP contribution < -0.4 is 14.8 Å². The number of benzene rings is 2. The predicted molar refractivity (Wildman–Crippen MR) is 96.3 cm³/mol. The fraction of sp³-hybridized carbons (Fsp3) is 0.263. The fourth-order valence-electron chi connectivity index (χ4n) is 2.12. The highest BCUT2D eigenvalue weighted by Crippen LogP contribution is 2.14. The number of methoxy groups -OCH3 is 1. The summed E-state index contributed by atoms with van der Waals surface area (Å²) in [6, 6.07) is 13.5. The number of oxime groups is 1.